The second-order valence-corrected chi connectivity index (χ2v) is 11.3. The quantitative estimate of drug-likeness (QED) is 0.242. The molecule has 0 unspecified atom stereocenters. The van der Waals surface area contributed by atoms with Crippen LogP contribution < -0.4 is 9.64 Å². The number of anilines is 2. The maximum Gasteiger partial charge on any atom is 0.335 e. The maximum atomic E-state index is 14.3. The average molecular weight is 579 g/mol. The van der Waals surface area contributed by atoms with Crippen LogP contribution in [0.1, 0.15) is 58.8 Å². The van der Waals surface area contributed by atoms with E-state index in [0.29, 0.717) is 45.6 Å². The Balaban J connectivity index is 1.23. The van der Waals surface area contributed by atoms with Gasteiger partial charge in [0.15, 0.2) is 0 Å². The van der Waals surface area contributed by atoms with Crippen LogP contribution >= 0.6 is 23.2 Å². The molecule has 2 fully saturated rings. The summed E-state index contributed by atoms with van der Waals surface area (Å²) in [6, 6.07) is 14.0. The molecule has 0 saturated heterocycles. The van der Waals surface area contributed by atoms with Crippen LogP contribution in [0.4, 0.5) is 15.8 Å². The van der Waals surface area contributed by atoms with E-state index in [1.165, 1.54) is 17.0 Å². The van der Waals surface area contributed by atoms with Gasteiger partial charge in [0.1, 0.15) is 29.6 Å². The Morgan fingerprint density at radius 3 is 2.55 bits per heavy atom. The van der Waals surface area contributed by atoms with E-state index in [9.17, 15) is 19.1 Å². The minimum absolute atomic E-state index is 0.154. The Kier molecular flexibility index (Phi) is 5.70. The molecular formula is C30H21Cl2FN2O5. The fraction of sp³-hybridized carbons (Fsp3) is 0.233. The van der Waals surface area contributed by atoms with Gasteiger partial charge in [-0.25, -0.2) is 9.18 Å². The number of hydrogen-bond acceptors (Lipinski definition) is 5. The van der Waals surface area contributed by atoms with Crippen LogP contribution in [0.2, 0.25) is 10.0 Å². The van der Waals surface area contributed by atoms with Gasteiger partial charge in [-0.15, -0.1) is 0 Å². The molecule has 0 bridgehead atoms. The van der Waals surface area contributed by atoms with Crippen molar-refractivity contribution in [1.82, 2.24) is 5.16 Å². The highest BCUT2D eigenvalue weighted by atomic mass is 35.5. The molecule has 2 saturated carbocycles. The first-order chi connectivity index (χ1) is 19.3. The van der Waals surface area contributed by atoms with Gasteiger partial charge >= 0.3 is 5.97 Å². The van der Waals surface area contributed by atoms with Crippen molar-refractivity contribution in [2.24, 2.45) is 0 Å². The number of carboxylic acids is 1. The molecule has 3 aromatic carbocycles. The van der Waals surface area contributed by atoms with Gasteiger partial charge in [-0.3, -0.25) is 9.69 Å². The van der Waals surface area contributed by atoms with E-state index < -0.39 is 17.2 Å². The van der Waals surface area contributed by atoms with E-state index in [4.69, 9.17) is 32.5 Å². The van der Waals surface area contributed by atoms with Crippen LogP contribution in [0, 0.1) is 5.82 Å². The number of benzene rings is 3. The molecule has 3 aliphatic rings. The summed E-state index contributed by atoms with van der Waals surface area (Å²) in [6.45, 7) is 0.154. The van der Waals surface area contributed by atoms with Crippen LogP contribution in [-0.4, -0.2) is 22.1 Å². The third kappa shape index (κ3) is 3.97. The van der Waals surface area contributed by atoms with Crippen LogP contribution in [0.5, 0.6) is 5.75 Å². The standard InChI is InChI=1S/C30H21Cl2FN2O5/c31-22-2-1-3-23(32)25(22)26-20(27(40-34-26)15-4-5-15)14-39-19-6-7-24-21(13-19)30(8-9-30)29(38)35(24)18-11-16(28(36)37)10-17(33)12-18/h1-3,6-7,10-13,15H,4-5,8-9,14H2,(H,36,37). The number of carbonyl (C=O) groups is 2. The molecule has 1 spiro atoms. The molecule has 10 heteroatoms. The van der Waals surface area contributed by atoms with Gasteiger partial charge in [0.05, 0.1) is 38.0 Å². The fourth-order valence-electron chi connectivity index (χ4n) is 5.52. The van der Waals surface area contributed by atoms with E-state index in [1.807, 2.05) is 6.07 Å². The van der Waals surface area contributed by atoms with Crippen LogP contribution in [0.15, 0.2) is 59.1 Å². The van der Waals surface area contributed by atoms with Crippen molar-refractivity contribution in [2.75, 3.05) is 4.90 Å². The largest absolute Gasteiger partial charge is 0.489 e. The highest BCUT2D eigenvalue weighted by Gasteiger charge is 2.59. The number of aromatic carboxylic acids is 1. The summed E-state index contributed by atoms with van der Waals surface area (Å²) in [5.74, 6) is -0.627. The van der Waals surface area contributed by atoms with E-state index >= 15 is 0 Å². The van der Waals surface area contributed by atoms with Gasteiger partial charge < -0.3 is 14.4 Å². The van der Waals surface area contributed by atoms with Crippen LogP contribution in [-0.2, 0) is 16.8 Å². The van der Waals surface area contributed by atoms with E-state index in [2.05, 4.69) is 5.16 Å². The van der Waals surface area contributed by atoms with Crippen molar-refractivity contribution in [3.63, 3.8) is 0 Å². The van der Waals surface area contributed by atoms with Crippen LogP contribution in [0.25, 0.3) is 11.3 Å². The van der Waals surface area contributed by atoms with Crippen LogP contribution in [0.3, 0.4) is 0 Å². The lowest BCUT2D eigenvalue weighted by Gasteiger charge is -2.19. The molecule has 1 amide bonds. The monoisotopic (exact) mass is 578 g/mol. The van der Waals surface area contributed by atoms with Gasteiger partial charge in [-0.2, -0.15) is 0 Å². The molecule has 7 rings (SSSR count). The molecule has 202 valence electrons. The first kappa shape index (κ1) is 25.1. The number of aromatic nitrogens is 1. The number of amides is 1. The normalized spacial score (nSPS) is 16.9. The lowest BCUT2D eigenvalue weighted by Crippen LogP contribution is -2.28. The summed E-state index contributed by atoms with van der Waals surface area (Å²) in [5.41, 5.74) is 2.50. The molecule has 7 nitrogen and oxygen atoms in total. The topological polar surface area (TPSA) is 92.9 Å². The summed E-state index contributed by atoms with van der Waals surface area (Å²) in [4.78, 5) is 26.5. The van der Waals surface area contributed by atoms with Crippen molar-refractivity contribution < 1.29 is 28.3 Å². The first-order valence-corrected chi connectivity index (χ1v) is 13.6. The van der Waals surface area contributed by atoms with Gasteiger partial charge in [0, 0.05) is 11.5 Å². The number of nitrogens with zero attached hydrogens (tertiary/aromatic N) is 2. The number of fused-ring (bicyclic) bond motifs is 2. The second kappa shape index (κ2) is 9.08. The van der Waals surface area contributed by atoms with Gasteiger partial charge in [0.25, 0.3) is 0 Å². The van der Waals surface area contributed by atoms with Crippen molar-refractivity contribution >= 4 is 46.5 Å². The molecule has 0 radical (unpaired) electrons. The number of halogens is 3. The predicted molar refractivity (Wildman–Crippen MR) is 146 cm³/mol. The zero-order valence-electron chi connectivity index (χ0n) is 20.9. The summed E-state index contributed by atoms with van der Waals surface area (Å²) in [7, 11) is 0. The van der Waals surface area contributed by atoms with E-state index in [-0.39, 0.29) is 29.7 Å². The molecule has 2 aliphatic carbocycles. The Labute approximate surface area is 238 Å². The number of rotatable bonds is 7. The van der Waals surface area contributed by atoms with Gasteiger partial charge in [-0.05, 0) is 79.8 Å². The van der Waals surface area contributed by atoms with E-state index in [0.717, 1.165) is 35.8 Å². The maximum absolute atomic E-state index is 14.3. The number of carbonyl (C=O) groups excluding carboxylic acids is 1. The molecule has 1 aliphatic heterocycles. The minimum Gasteiger partial charge on any atom is -0.489 e. The van der Waals surface area contributed by atoms with Crippen molar-refractivity contribution in [2.45, 2.75) is 43.6 Å². The summed E-state index contributed by atoms with van der Waals surface area (Å²) in [6.07, 6.45) is 3.29. The molecule has 2 heterocycles. The summed E-state index contributed by atoms with van der Waals surface area (Å²) in [5, 5.41) is 14.6. The average Bonchev–Trinajstić information content (AvgIpc) is 3.85. The Hall–Kier alpha value is -3.88. The molecule has 40 heavy (non-hydrogen) atoms. The highest BCUT2D eigenvalue weighted by molar-refractivity contribution is 6.39. The third-order valence-electron chi connectivity index (χ3n) is 7.82. The SMILES string of the molecule is O=C(O)c1cc(F)cc(N2C(=O)C3(CC3)c3cc(OCc4c(-c5c(Cl)cccc5Cl)noc4C4CC4)ccc32)c1. The second-order valence-electron chi connectivity index (χ2n) is 10.4. The Morgan fingerprint density at radius 1 is 1.12 bits per heavy atom. The number of carboxylic acid groups (broad SMARTS) is 1. The summed E-state index contributed by atoms with van der Waals surface area (Å²) < 4.78 is 26.3. The zero-order valence-corrected chi connectivity index (χ0v) is 22.4. The smallest absolute Gasteiger partial charge is 0.335 e. The lowest BCUT2D eigenvalue weighted by atomic mass is 9.98. The number of ether oxygens (including phenoxy) is 1. The highest BCUT2D eigenvalue weighted by Crippen LogP contribution is 2.59. The van der Waals surface area contributed by atoms with E-state index in [1.54, 1.807) is 30.3 Å². The zero-order chi connectivity index (χ0) is 27.8. The third-order valence-corrected chi connectivity index (χ3v) is 8.45. The van der Waals surface area contributed by atoms with Crippen molar-refractivity contribution in [1.29, 1.82) is 0 Å². The number of hydrogen-bond donors (Lipinski definition) is 1. The van der Waals surface area contributed by atoms with Gasteiger partial charge in [0.2, 0.25) is 5.91 Å². The Morgan fingerprint density at radius 2 is 1.88 bits per heavy atom. The lowest BCUT2D eigenvalue weighted by molar-refractivity contribution is -0.119. The fourth-order valence-corrected chi connectivity index (χ4v) is 6.09. The molecule has 4 aromatic rings. The van der Waals surface area contributed by atoms with Crippen molar-refractivity contribution in [3.8, 4) is 17.0 Å². The summed E-state index contributed by atoms with van der Waals surface area (Å²) >= 11 is 13.0. The Bertz CT molecular complexity index is 1710. The molecule has 1 aromatic heterocycles. The molecule has 1 N–H and O–H groups in total. The molecular weight excluding hydrogens is 558 g/mol. The van der Waals surface area contributed by atoms with Gasteiger partial charge in [-0.1, -0.05) is 34.4 Å². The molecule has 0 atom stereocenters. The predicted octanol–water partition coefficient (Wildman–Crippen LogP) is 7.65. The first-order valence-electron chi connectivity index (χ1n) is 12.9. The minimum atomic E-state index is -1.27. The van der Waals surface area contributed by atoms with Crippen molar-refractivity contribution in [3.05, 3.63) is 92.9 Å².